The molecule has 2 fully saturated rings. The van der Waals surface area contributed by atoms with Gasteiger partial charge in [0, 0.05) is 35.0 Å². The summed E-state index contributed by atoms with van der Waals surface area (Å²) in [5.74, 6) is -0.000302. The van der Waals surface area contributed by atoms with Gasteiger partial charge in [-0.15, -0.1) is 24.2 Å². The van der Waals surface area contributed by atoms with Crippen LogP contribution in [-0.2, 0) is 9.59 Å². The number of carbonyl (C=O) groups excluding carboxylic acids is 2. The number of hydrogen-bond acceptors (Lipinski definition) is 4. The quantitative estimate of drug-likeness (QED) is 0.799. The van der Waals surface area contributed by atoms with Crippen LogP contribution < -0.4 is 10.6 Å². The molecular weight excluding hydrogens is 381 g/mol. The smallest absolute Gasteiger partial charge is 0.238 e. The van der Waals surface area contributed by atoms with Gasteiger partial charge in [-0.05, 0) is 44.0 Å². The largest absolute Gasteiger partial charge is 0.335 e. The summed E-state index contributed by atoms with van der Waals surface area (Å²) in [5, 5.41) is 6.51. The molecule has 8 heteroatoms. The Morgan fingerprint density at radius 3 is 2.92 bits per heavy atom. The van der Waals surface area contributed by atoms with E-state index in [1.807, 2.05) is 17.0 Å². The van der Waals surface area contributed by atoms with Gasteiger partial charge >= 0.3 is 0 Å². The van der Waals surface area contributed by atoms with Crippen LogP contribution in [0.1, 0.15) is 25.7 Å². The molecule has 0 spiro atoms. The number of rotatable bonds is 2. The minimum absolute atomic E-state index is 0. The summed E-state index contributed by atoms with van der Waals surface area (Å²) in [6.07, 6.45) is 3.41. The van der Waals surface area contributed by atoms with Crippen LogP contribution in [0, 0.1) is 0 Å². The van der Waals surface area contributed by atoms with Gasteiger partial charge in [-0.1, -0.05) is 11.6 Å². The highest BCUT2D eigenvalue weighted by Crippen LogP contribution is 2.39. The molecule has 3 aliphatic heterocycles. The second-order valence-electron chi connectivity index (χ2n) is 6.62. The maximum Gasteiger partial charge on any atom is 0.238 e. The monoisotopic (exact) mass is 401 g/mol. The number of anilines is 1. The van der Waals surface area contributed by atoms with E-state index in [0.29, 0.717) is 11.1 Å². The first-order chi connectivity index (χ1) is 11.6. The molecule has 3 unspecified atom stereocenters. The zero-order chi connectivity index (χ0) is 16.7. The Bertz CT molecular complexity index is 674. The molecular formula is C17H21Cl2N3O2S. The van der Waals surface area contributed by atoms with E-state index in [9.17, 15) is 9.59 Å². The number of hydrogen-bond donors (Lipinski definition) is 2. The van der Waals surface area contributed by atoms with Crippen LogP contribution in [0.15, 0.2) is 23.1 Å². The molecule has 136 valence electrons. The summed E-state index contributed by atoms with van der Waals surface area (Å²) >= 11 is 7.43. The summed E-state index contributed by atoms with van der Waals surface area (Å²) in [5.41, 5.74) is 0.736. The molecule has 3 aliphatic rings. The Hall–Kier alpha value is -0.950. The van der Waals surface area contributed by atoms with Crippen LogP contribution >= 0.6 is 35.8 Å². The van der Waals surface area contributed by atoms with Gasteiger partial charge in [-0.25, -0.2) is 0 Å². The Morgan fingerprint density at radius 2 is 2.08 bits per heavy atom. The molecule has 1 aromatic carbocycles. The number of thioether (sulfide) groups is 1. The number of nitrogens with one attached hydrogen (secondary N) is 2. The van der Waals surface area contributed by atoms with Crippen LogP contribution in [0.2, 0.25) is 5.02 Å². The van der Waals surface area contributed by atoms with Crippen molar-refractivity contribution < 1.29 is 9.59 Å². The molecule has 2 N–H and O–H groups in total. The van der Waals surface area contributed by atoms with Gasteiger partial charge in [0.1, 0.15) is 0 Å². The van der Waals surface area contributed by atoms with E-state index in [1.165, 1.54) is 11.8 Å². The summed E-state index contributed by atoms with van der Waals surface area (Å²) in [4.78, 5) is 28.3. The van der Waals surface area contributed by atoms with Crippen molar-refractivity contribution in [1.29, 1.82) is 0 Å². The normalized spacial score (nSPS) is 27.8. The van der Waals surface area contributed by atoms with Crippen molar-refractivity contribution in [2.75, 3.05) is 18.4 Å². The zero-order valence-corrected chi connectivity index (χ0v) is 16.1. The van der Waals surface area contributed by atoms with Gasteiger partial charge < -0.3 is 15.5 Å². The summed E-state index contributed by atoms with van der Waals surface area (Å²) < 4.78 is 0. The second-order valence-corrected chi connectivity index (χ2v) is 8.30. The number of carbonyl (C=O) groups is 2. The lowest BCUT2D eigenvalue weighted by molar-refractivity contribution is -0.135. The Labute approximate surface area is 162 Å². The minimum atomic E-state index is -0.373. The Balaban J connectivity index is 0.00000182. The van der Waals surface area contributed by atoms with Gasteiger partial charge in [0.15, 0.2) is 0 Å². The lowest BCUT2D eigenvalue weighted by Gasteiger charge is -2.30. The second kappa shape index (κ2) is 7.74. The first-order valence-corrected chi connectivity index (χ1v) is 9.66. The van der Waals surface area contributed by atoms with Gasteiger partial charge in [0.05, 0.1) is 10.9 Å². The highest BCUT2D eigenvalue weighted by atomic mass is 35.5. The van der Waals surface area contributed by atoms with Gasteiger partial charge in [0.2, 0.25) is 11.8 Å². The van der Waals surface area contributed by atoms with Crippen LogP contribution in [0.25, 0.3) is 0 Å². The van der Waals surface area contributed by atoms with Crippen molar-refractivity contribution in [2.24, 2.45) is 0 Å². The minimum Gasteiger partial charge on any atom is -0.335 e. The molecule has 2 bridgehead atoms. The van der Waals surface area contributed by atoms with E-state index < -0.39 is 0 Å². The van der Waals surface area contributed by atoms with Crippen LogP contribution in [0.5, 0.6) is 0 Å². The molecule has 3 atom stereocenters. The van der Waals surface area contributed by atoms with E-state index >= 15 is 0 Å². The first kappa shape index (κ1) is 18.8. The molecule has 0 aliphatic carbocycles. The molecule has 25 heavy (non-hydrogen) atoms. The number of fused-ring (bicyclic) bond motifs is 3. The molecule has 2 saturated heterocycles. The van der Waals surface area contributed by atoms with Crippen LogP contribution in [0.4, 0.5) is 5.69 Å². The van der Waals surface area contributed by atoms with E-state index in [0.717, 1.165) is 42.9 Å². The number of halogens is 2. The van der Waals surface area contributed by atoms with Crippen molar-refractivity contribution in [2.45, 2.75) is 47.9 Å². The maximum atomic E-state index is 12.9. The molecule has 4 rings (SSSR count). The van der Waals surface area contributed by atoms with Crippen molar-refractivity contribution >= 4 is 53.3 Å². The van der Waals surface area contributed by atoms with E-state index in [-0.39, 0.29) is 41.9 Å². The molecule has 0 saturated carbocycles. The highest BCUT2D eigenvalue weighted by Gasteiger charge is 2.40. The SMILES string of the molecule is Cl.O=C1Nc2cc(Cl)ccc2SC1CC(=O)N1C2CCNCC1CC2. The zero-order valence-electron chi connectivity index (χ0n) is 13.7. The topological polar surface area (TPSA) is 61.4 Å². The standard InChI is InChI=1S/C17H20ClN3O2S.ClH/c18-10-1-4-14-13(7-10)20-17(23)15(24-14)8-16(22)21-11-2-3-12(21)9-19-6-5-11;/h1,4,7,11-12,15,19H,2-3,5-6,8-9H2,(H,20,23);1H. The fraction of sp³-hybridized carbons (Fsp3) is 0.529. The Kier molecular flexibility index (Phi) is 5.83. The lowest BCUT2D eigenvalue weighted by atomic mass is 10.1. The predicted molar refractivity (Wildman–Crippen MR) is 103 cm³/mol. The van der Waals surface area contributed by atoms with E-state index in [4.69, 9.17) is 11.6 Å². The predicted octanol–water partition coefficient (Wildman–Crippen LogP) is 2.92. The van der Waals surface area contributed by atoms with Crippen molar-refractivity contribution in [3.05, 3.63) is 23.2 Å². The van der Waals surface area contributed by atoms with E-state index in [1.54, 1.807) is 6.07 Å². The molecule has 0 radical (unpaired) electrons. The number of nitrogens with zero attached hydrogens (tertiary/aromatic N) is 1. The molecule has 5 nitrogen and oxygen atoms in total. The maximum absolute atomic E-state index is 12.9. The molecule has 2 amide bonds. The summed E-state index contributed by atoms with van der Waals surface area (Å²) in [6.45, 7) is 1.84. The first-order valence-electron chi connectivity index (χ1n) is 8.41. The molecule has 1 aromatic rings. The molecule has 3 heterocycles. The van der Waals surface area contributed by atoms with E-state index in [2.05, 4.69) is 10.6 Å². The lowest BCUT2D eigenvalue weighted by Crippen LogP contribution is -2.44. The fourth-order valence-electron chi connectivity index (χ4n) is 3.91. The number of benzene rings is 1. The third kappa shape index (κ3) is 3.77. The van der Waals surface area contributed by atoms with Crippen LogP contribution in [0.3, 0.4) is 0 Å². The summed E-state index contributed by atoms with van der Waals surface area (Å²) in [6, 6.07) is 6.08. The average Bonchev–Trinajstić information content (AvgIpc) is 2.81. The van der Waals surface area contributed by atoms with Crippen molar-refractivity contribution in [1.82, 2.24) is 10.2 Å². The van der Waals surface area contributed by atoms with Crippen LogP contribution in [-0.4, -0.2) is 47.1 Å². The highest BCUT2D eigenvalue weighted by molar-refractivity contribution is 8.01. The van der Waals surface area contributed by atoms with Gasteiger partial charge in [0.25, 0.3) is 0 Å². The van der Waals surface area contributed by atoms with Crippen molar-refractivity contribution in [3.63, 3.8) is 0 Å². The average molecular weight is 402 g/mol. The fourth-order valence-corrected chi connectivity index (χ4v) is 5.16. The Morgan fingerprint density at radius 1 is 1.28 bits per heavy atom. The molecule has 0 aromatic heterocycles. The number of amides is 2. The third-order valence-electron chi connectivity index (χ3n) is 5.06. The summed E-state index contributed by atoms with van der Waals surface area (Å²) in [7, 11) is 0. The van der Waals surface area contributed by atoms with Gasteiger partial charge in [-0.3, -0.25) is 9.59 Å². The third-order valence-corrected chi connectivity index (χ3v) is 6.57. The van der Waals surface area contributed by atoms with Gasteiger partial charge in [-0.2, -0.15) is 0 Å². The van der Waals surface area contributed by atoms with Crippen molar-refractivity contribution in [3.8, 4) is 0 Å².